The molecule has 0 saturated carbocycles. The minimum Gasteiger partial charge on any atom is -0.376 e. The first-order valence-electron chi connectivity index (χ1n) is 5.96. The molecular weight excluding hydrogens is 228 g/mol. The van der Waals surface area contributed by atoms with Gasteiger partial charge in [0.1, 0.15) is 0 Å². The molecule has 0 bridgehead atoms. The summed E-state index contributed by atoms with van der Waals surface area (Å²) in [6, 6.07) is 0. The molecule has 1 unspecified atom stereocenters. The van der Waals surface area contributed by atoms with Crippen molar-refractivity contribution in [3.05, 3.63) is 0 Å². The van der Waals surface area contributed by atoms with E-state index >= 15 is 0 Å². The lowest BCUT2D eigenvalue weighted by atomic mass is 10.1. The molecule has 2 aliphatic rings. The number of amides is 1. The van der Waals surface area contributed by atoms with Crippen molar-refractivity contribution in [2.24, 2.45) is 0 Å². The molecule has 0 radical (unpaired) electrons. The van der Waals surface area contributed by atoms with Crippen LogP contribution < -0.4 is 5.32 Å². The van der Waals surface area contributed by atoms with Gasteiger partial charge in [0.05, 0.1) is 6.10 Å². The molecule has 2 heterocycles. The number of carbonyl (C=O) groups is 1. The summed E-state index contributed by atoms with van der Waals surface area (Å²) in [5, 5.41) is 3.24. The van der Waals surface area contributed by atoms with Crippen LogP contribution in [0.25, 0.3) is 0 Å². The SMILES string of the molecule is Cl.O=C1CCNCCN1CC1CCCCO1. The zero-order chi connectivity index (χ0) is 10.5. The summed E-state index contributed by atoms with van der Waals surface area (Å²) in [7, 11) is 0. The van der Waals surface area contributed by atoms with E-state index in [1.54, 1.807) is 0 Å². The lowest BCUT2D eigenvalue weighted by molar-refractivity contribution is -0.132. The van der Waals surface area contributed by atoms with Crippen LogP contribution in [0, 0.1) is 0 Å². The van der Waals surface area contributed by atoms with Crippen LogP contribution in [0.15, 0.2) is 0 Å². The first kappa shape index (κ1) is 13.7. The van der Waals surface area contributed by atoms with Crippen LogP contribution in [0.4, 0.5) is 0 Å². The molecule has 2 fully saturated rings. The van der Waals surface area contributed by atoms with Gasteiger partial charge in [-0.15, -0.1) is 12.4 Å². The third-order valence-corrected chi connectivity index (χ3v) is 3.12. The van der Waals surface area contributed by atoms with Crippen LogP contribution in [-0.2, 0) is 9.53 Å². The van der Waals surface area contributed by atoms with Gasteiger partial charge in [0, 0.05) is 39.2 Å². The Hall–Kier alpha value is -0.320. The van der Waals surface area contributed by atoms with Gasteiger partial charge in [-0.25, -0.2) is 0 Å². The van der Waals surface area contributed by atoms with E-state index in [4.69, 9.17) is 4.74 Å². The molecule has 0 aromatic heterocycles. The van der Waals surface area contributed by atoms with Crippen LogP contribution in [-0.4, -0.2) is 49.7 Å². The highest BCUT2D eigenvalue weighted by molar-refractivity contribution is 5.85. The number of carbonyl (C=O) groups excluding carboxylic acids is 1. The molecule has 0 spiro atoms. The Kier molecular flexibility index (Phi) is 6.09. The van der Waals surface area contributed by atoms with Crippen molar-refractivity contribution in [1.29, 1.82) is 0 Å². The topological polar surface area (TPSA) is 41.6 Å². The van der Waals surface area contributed by atoms with Crippen LogP contribution in [0.2, 0.25) is 0 Å². The van der Waals surface area contributed by atoms with E-state index < -0.39 is 0 Å². The van der Waals surface area contributed by atoms with Gasteiger partial charge in [0.25, 0.3) is 0 Å². The third kappa shape index (κ3) is 3.92. The minimum atomic E-state index is 0. The average molecular weight is 249 g/mol. The van der Waals surface area contributed by atoms with E-state index in [1.165, 1.54) is 12.8 Å². The zero-order valence-electron chi connectivity index (χ0n) is 9.61. The van der Waals surface area contributed by atoms with Crippen molar-refractivity contribution in [3.8, 4) is 0 Å². The van der Waals surface area contributed by atoms with Crippen LogP contribution >= 0.6 is 12.4 Å². The summed E-state index contributed by atoms with van der Waals surface area (Å²) >= 11 is 0. The van der Waals surface area contributed by atoms with Crippen LogP contribution in [0.3, 0.4) is 0 Å². The number of nitrogens with one attached hydrogen (secondary N) is 1. The van der Waals surface area contributed by atoms with E-state index in [2.05, 4.69) is 5.32 Å². The number of ether oxygens (including phenoxy) is 1. The highest BCUT2D eigenvalue weighted by Crippen LogP contribution is 2.14. The second-order valence-corrected chi connectivity index (χ2v) is 4.33. The molecule has 16 heavy (non-hydrogen) atoms. The number of nitrogens with zero attached hydrogens (tertiary/aromatic N) is 1. The number of hydrogen-bond donors (Lipinski definition) is 1. The predicted octanol–water partition coefficient (Wildman–Crippen LogP) is 0.799. The van der Waals surface area contributed by atoms with Crippen molar-refractivity contribution in [2.45, 2.75) is 31.8 Å². The lowest BCUT2D eigenvalue weighted by Crippen LogP contribution is -2.40. The van der Waals surface area contributed by atoms with Gasteiger partial charge in [-0.05, 0) is 19.3 Å². The Morgan fingerprint density at radius 3 is 3.00 bits per heavy atom. The molecule has 1 amide bonds. The Labute approximate surface area is 103 Å². The predicted molar refractivity (Wildman–Crippen MR) is 64.9 cm³/mol. The third-order valence-electron chi connectivity index (χ3n) is 3.12. The number of halogens is 1. The highest BCUT2D eigenvalue weighted by atomic mass is 35.5. The maximum Gasteiger partial charge on any atom is 0.223 e. The normalized spacial score (nSPS) is 27.1. The highest BCUT2D eigenvalue weighted by Gasteiger charge is 2.22. The molecule has 1 atom stereocenters. The number of hydrogen-bond acceptors (Lipinski definition) is 3. The van der Waals surface area contributed by atoms with Crippen molar-refractivity contribution in [3.63, 3.8) is 0 Å². The maximum atomic E-state index is 11.7. The molecule has 5 heteroatoms. The van der Waals surface area contributed by atoms with Gasteiger partial charge in [0.2, 0.25) is 5.91 Å². The Morgan fingerprint density at radius 1 is 1.38 bits per heavy atom. The van der Waals surface area contributed by atoms with Crippen LogP contribution in [0.5, 0.6) is 0 Å². The van der Waals surface area contributed by atoms with Gasteiger partial charge in [-0.3, -0.25) is 4.79 Å². The van der Waals surface area contributed by atoms with E-state index in [0.29, 0.717) is 6.42 Å². The van der Waals surface area contributed by atoms with Gasteiger partial charge in [-0.1, -0.05) is 0 Å². The fourth-order valence-corrected chi connectivity index (χ4v) is 2.21. The largest absolute Gasteiger partial charge is 0.376 e. The molecule has 0 aromatic carbocycles. The molecule has 2 aliphatic heterocycles. The van der Waals surface area contributed by atoms with Gasteiger partial charge in [-0.2, -0.15) is 0 Å². The molecule has 2 saturated heterocycles. The first-order chi connectivity index (χ1) is 7.36. The Morgan fingerprint density at radius 2 is 2.25 bits per heavy atom. The molecule has 4 nitrogen and oxygen atoms in total. The van der Waals surface area contributed by atoms with E-state index in [-0.39, 0.29) is 24.4 Å². The fraction of sp³-hybridized carbons (Fsp3) is 0.909. The van der Waals surface area contributed by atoms with E-state index in [0.717, 1.165) is 39.2 Å². The van der Waals surface area contributed by atoms with Gasteiger partial charge < -0.3 is 15.0 Å². The summed E-state index contributed by atoms with van der Waals surface area (Å²) in [6.45, 7) is 4.23. The first-order valence-corrected chi connectivity index (χ1v) is 5.96. The zero-order valence-corrected chi connectivity index (χ0v) is 10.4. The Bertz CT molecular complexity index is 220. The summed E-state index contributed by atoms with van der Waals surface area (Å²) in [6.07, 6.45) is 4.43. The smallest absolute Gasteiger partial charge is 0.223 e. The van der Waals surface area contributed by atoms with Crippen LogP contribution in [0.1, 0.15) is 25.7 Å². The Balaban J connectivity index is 0.00000128. The summed E-state index contributed by atoms with van der Waals surface area (Å²) in [4.78, 5) is 13.7. The molecule has 0 aliphatic carbocycles. The summed E-state index contributed by atoms with van der Waals surface area (Å²) in [5.74, 6) is 0.272. The van der Waals surface area contributed by atoms with Crippen molar-refractivity contribution in [1.82, 2.24) is 10.2 Å². The lowest BCUT2D eigenvalue weighted by Gasteiger charge is -2.29. The molecule has 1 N–H and O–H groups in total. The maximum absolute atomic E-state index is 11.7. The molecule has 94 valence electrons. The van der Waals surface area contributed by atoms with Gasteiger partial charge in [0.15, 0.2) is 0 Å². The van der Waals surface area contributed by atoms with E-state index in [9.17, 15) is 4.79 Å². The monoisotopic (exact) mass is 248 g/mol. The molecule has 0 aromatic rings. The fourth-order valence-electron chi connectivity index (χ4n) is 2.21. The van der Waals surface area contributed by atoms with Crippen molar-refractivity contribution in [2.75, 3.05) is 32.8 Å². The van der Waals surface area contributed by atoms with E-state index in [1.807, 2.05) is 4.90 Å². The quantitative estimate of drug-likeness (QED) is 0.786. The summed E-state index contributed by atoms with van der Waals surface area (Å²) in [5.41, 5.74) is 0. The molecular formula is C11H21ClN2O2. The standard InChI is InChI=1S/C11H20N2O2.ClH/c14-11-4-5-12-6-7-13(11)9-10-3-1-2-8-15-10;/h10,12H,1-9H2;1H. The summed E-state index contributed by atoms with van der Waals surface area (Å²) < 4.78 is 5.66. The average Bonchev–Trinajstić information content (AvgIpc) is 2.46. The van der Waals surface area contributed by atoms with Crippen molar-refractivity contribution >= 4 is 18.3 Å². The second kappa shape index (κ2) is 7.09. The molecule has 2 rings (SSSR count). The number of rotatable bonds is 2. The van der Waals surface area contributed by atoms with Crippen molar-refractivity contribution < 1.29 is 9.53 Å². The van der Waals surface area contributed by atoms with Gasteiger partial charge >= 0.3 is 0 Å². The second-order valence-electron chi connectivity index (χ2n) is 4.33. The minimum absolute atomic E-state index is 0.